The number of hydrogen-bond donors (Lipinski definition) is 1. The topological polar surface area (TPSA) is 69.2 Å². The lowest BCUT2D eigenvalue weighted by Crippen LogP contribution is -2.19. The van der Waals surface area contributed by atoms with Crippen molar-refractivity contribution < 1.29 is 19.0 Å². The zero-order valence-electron chi connectivity index (χ0n) is 13.1. The number of amides is 1. The maximum atomic E-state index is 11.5. The summed E-state index contributed by atoms with van der Waals surface area (Å²) in [4.78, 5) is 11.5. The van der Waals surface area contributed by atoms with Gasteiger partial charge in [-0.15, -0.1) is 0 Å². The summed E-state index contributed by atoms with van der Waals surface area (Å²) in [6.45, 7) is 3.95. The van der Waals surface area contributed by atoms with Crippen LogP contribution >= 0.6 is 0 Å². The second kappa shape index (κ2) is 8.14. The van der Waals surface area contributed by atoms with E-state index in [-0.39, 0.29) is 11.8 Å². The number of carbonyl (C=O) groups excluding carboxylic acids is 1. The quantitative estimate of drug-likeness (QED) is 0.618. The Morgan fingerprint density at radius 2 is 1.71 bits per heavy atom. The molecule has 0 heterocycles. The molecule has 0 aromatic heterocycles. The Labute approximate surface area is 125 Å². The maximum Gasteiger partial charge on any atom is 0.240 e. The van der Waals surface area contributed by atoms with E-state index in [4.69, 9.17) is 14.2 Å². The second-order valence-electron chi connectivity index (χ2n) is 4.84. The Bertz CT molecular complexity index is 513. The Kier molecular flexibility index (Phi) is 6.52. The summed E-state index contributed by atoms with van der Waals surface area (Å²) < 4.78 is 15.7. The summed E-state index contributed by atoms with van der Waals surface area (Å²) in [7, 11) is 4.66. The molecule has 0 spiro atoms. The second-order valence-corrected chi connectivity index (χ2v) is 4.84. The largest absolute Gasteiger partial charge is 0.496 e. The van der Waals surface area contributed by atoms with E-state index in [2.05, 4.69) is 10.5 Å². The Morgan fingerprint density at radius 1 is 1.14 bits per heavy atom. The van der Waals surface area contributed by atoms with Crippen LogP contribution in [0.5, 0.6) is 17.2 Å². The van der Waals surface area contributed by atoms with Crippen LogP contribution in [0.25, 0.3) is 0 Å². The molecule has 0 aliphatic carbocycles. The van der Waals surface area contributed by atoms with Crippen molar-refractivity contribution in [1.29, 1.82) is 0 Å². The standard InChI is InChI=1S/C15H22N2O4/c1-10(2)6-15(18)17-16-9-11-7-13(20-4)14(21-5)8-12(11)19-3/h7-10H,6H2,1-5H3,(H,17,18)/b16-9+. The van der Waals surface area contributed by atoms with Gasteiger partial charge < -0.3 is 14.2 Å². The molecule has 1 rings (SSSR count). The van der Waals surface area contributed by atoms with Gasteiger partial charge in [0.25, 0.3) is 0 Å². The van der Waals surface area contributed by atoms with Crippen molar-refractivity contribution in [2.75, 3.05) is 21.3 Å². The fraction of sp³-hybridized carbons (Fsp3) is 0.467. The summed E-state index contributed by atoms with van der Waals surface area (Å²) in [5.74, 6) is 1.87. The minimum absolute atomic E-state index is 0.124. The summed E-state index contributed by atoms with van der Waals surface area (Å²) in [6.07, 6.45) is 1.94. The Balaban J connectivity index is 2.89. The van der Waals surface area contributed by atoms with E-state index in [1.165, 1.54) is 6.21 Å². The number of rotatable bonds is 7. The Morgan fingerprint density at radius 3 is 2.24 bits per heavy atom. The average molecular weight is 294 g/mol. The molecule has 0 aliphatic heterocycles. The van der Waals surface area contributed by atoms with Gasteiger partial charge in [-0.2, -0.15) is 5.10 Å². The van der Waals surface area contributed by atoms with Crippen LogP contribution in [0.15, 0.2) is 17.2 Å². The van der Waals surface area contributed by atoms with E-state index in [0.717, 1.165) is 0 Å². The highest BCUT2D eigenvalue weighted by molar-refractivity contribution is 5.86. The molecule has 1 amide bonds. The van der Waals surface area contributed by atoms with E-state index < -0.39 is 0 Å². The zero-order chi connectivity index (χ0) is 15.8. The van der Waals surface area contributed by atoms with Gasteiger partial charge in [0.15, 0.2) is 11.5 Å². The van der Waals surface area contributed by atoms with Crippen LogP contribution in [0.3, 0.4) is 0 Å². The third-order valence-electron chi connectivity index (χ3n) is 2.72. The molecule has 6 heteroatoms. The van der Waals surface area contributed by atoms with Gasteiger partial charge in [0.05, 0.1) is 27.5 Å². The van der Waals surface area contributed by atoms with Gasteiger partial charge in [-0.05, 0) is 12.0 Å². The number of carbonyl (C=O) groups is 1. The van der Waals surface area contributed by atoms with Crippen molar-refractivity contribution in [1.82, 2.24) is 5.43 Å². The number of benzene rings is 1. The first-order valence-electron chi connectivity index (χ1n) is 6.63. The van der Waals surface area contributed by atoms with Gasteiger partial charge in [0.2, 0.25) is 5.91 Å². The third-order valence-corrected chi connectivity index (χ3v) is 2.72. The summed E-state index contributed by atoms with van der Waals surface area (Å²) in [6, 6.07) is 3.44. The van der Waals surface area contributed by atoms with Gasteiger partial charge >= 0.3 is 0 Å². The number of ether oxygens (including phenoxy) is 3. The molecule has 0 saturated heterocycles. The summed E-state index contributed by atoms with van der Waals surface area (Å²) in [5, 5.41) is 3.93. The molecule has 0 saturated carbocycles. The minimum Gasteiger partial charge on any atom is -0.496 e. The molecule has 1 aromatic rings. The maximum absolute atomic E-state index is 11.5. The zero-order valence-corrected chi connectivity index (χ0v) is 13.1. The smallest absolute Gasteiger partial charge is 0.240 e. The summed E-state index contributed by atoms with van der Waals surface area (Å²) in [5.41, 5.74) is 3.16. The molecule has 0 aliphatic rings. The number of nitrogens with zero attached hydrogens (tertiary/aromatic N) is 1. The van der Waals surface area contributed by atoms with Crippen LogP contribution in [-0.4, -0.2) is 33.5 Å². The number of methoxy groups -OCH3 is 3. The van der Waals surface area contributed by atoms with Crippen LogP contribution in [-0.2, 0) is 4.79 Å². The highest BCUT2D eigenvalue weighted by atomic mass is 16.5. The first-order chi connectivity index (χ1) is 10.0. The van der Waals surface area contributed by atoms with Gasteiger partial charge in [-0.1, -0.05) is 13.8 Å². The Hall–Kier alpha value is -2.24. The normalized spacial score (nSPS) is 10.8. The molecule has 0 fully saturated rings. The van der Waals surface area contributed by atoms with E-state index in [1.807, 2.05) is 13.8 Å². The van der Waals surface area contributed by atoms with E-state index in [9.17, 15) is 4.79 Å². The molecule has 6 nitrogen and oxygen atoms in total. The van der Waals surface area contributed by atoms with Crippen molar-refractivity contribution in [3.8, 4) is 17.2 Å². The van der Waals surface area contributed by atoms with Crippen molar-refractivity contribution in [2.45, 2.75) is 20.3 Å². The predicted octanol–water partition coefficient (Wildman–Crippen LogP) is 2.21. The SMILES string of the molecule is COc1cc(OC)c(OC)cc1/C=N/NC(=O)CC(C)C. The van der Waals surface area contributed by atoms with Crippen LogP contribution in [0.2, 0.25) is 0 Å². The molecular weight excluding hydrogens is 272 g/mol. The van der Waals surface area contributed by atoms with Gasteiger partial charge in [0.1, 0.15) is 5.75 Å². The van der Waals surface area contributed by atoms with Crippen LogP contribution in [0.4, 0.5) is 0 Å². The fourth-order valence-electron chi connectivity index (χ4n) is 1.74. The van der Waals surface area contributed by atoms with E-state index in [0.29, 0.717) is 29.2 Å². The van der Waals surface area contributed by atoms with Crippen molar-refractivity contribution in [3.63, 3.8) is 0 Å². The average Bonchev–Trinajstić information content (AvgIpc) is 2.45. The summed E-state index contributed by atoms with van der Waals surface area (Å²) >= 11 is 0. The lowest BCUT2D eigenvalue weighted by atomic mass is 10.1. The molecule has 1 N–H and O–H groups in total. The van der Waals surface area contributed by atoms with Crippen LogP contribution in [0, 0.1) is 5.92 Å². The molecular formula is C15H22N2O4. The lowest BCUT2D eigenvalue weighted by molar-refractivity contribution is -0.121. The van der Waals surface area contributed by atoms with Crippen molar-refractivity contribution >= 4 is 12.1 Å². The van der Waals surface area contributed by atoms with Crippen molar-refractivity contribution in [2.24, 2.45) is 11.0 Å². The molecule has 0 unspecified atom stereocenters. The molecule has 116 valence electrons. The monoisotopic (exact) mass is 294 g/mol. The van der Waals surface area contributed by atoms with Crippen LogP contribution in [0.1, 0.15) is 25.8 Å². The van der Waals surface area contributed by atoms with Gasteiger partial charge in [-0.3, -0.25) is 4.79 Å². The van der Waals surface area contributed by atoms with Gasteiger partial charge in [-0.25, -0.2) is 5.43 Å². The number of hydrogen-bond acceptors (Lipinski definition) is 5. The third kappa shape index (κ3) is 4.98. The molecule has 1 aromatic carbocycles. The first-order valence-corrected chi connectivity index (χ1v) is 6.63. The lowest BCUT2D eigenvalue weighted by Gasteiger charge is -2.11. The molecule has 21 heavy (non-hydrogen) atoms. The predicted molar refractivity (Wildman–Crippen MR) is 81.3 cm³/mol. The van der Waals surface area contributed by atoms with Crippen LogP contribution < -0.4 is 19.6 Å². The highest BCUT2D eigenvalue weighted by Gasteiger charge is 2.10. The van der Waals surface area contributed by atoms with Gasteiger partial charge in [0, 0.05) is 18.1 Å². The molecule has 0 atom stereocenters. The fourth-order valence-corrected chi connectivity index (χ4v) is 1.74. The minimum atomic E-state index is -0.124. The van der Waals surface area contributed by atoms with E-state index >= 15 is 0 Å². The van der Waals surface area contributed by atoms with Crippen molar-refractivity contribution in [3.05, 3.63) is 17.7 Å². The molecule has 0 bridgehead atoms. The first kappa shape index (κ1) is 16.8. The number of hydrazone groups is 1. The van der Waals surface area contributed by atoms with E-state index in [1.54, 1.807) is 33.5 Å². The highest BCUT2D eigenvalue weighted by Crippen LogP contribution is 2.33. The molecule has 0 radical (unpaired) electrons. The number of nitrogens with one attached hydrogen (secondary N) is 1.